The predicted molar refractivity (Wildman–Crippen MR) is 81.8 cm³/mol. The van der Waals surface area contributed by atoms with Crippen molar-refractivity contribution in [2.45, 2.75) is 12.8 Å². The third-order valence-corrected chi connectivity index (χ3v) is 3.37. The van der Waals surface area contributed by atoms with Crippen LogP contribution in [-0.4, -0.2) is 11.5 Å². The zero-order chi connectivity index (χ0) is 14.5. The molecule has 0 aromatic heterocycles. The van der Waals surface area contributed by atoms with Crippen LogP contribution in [0.15, 0.2) is 48.5 Å². The Morgan fingerprint density at radius 2 is 1.90 bits per heavy atom. The minimum absolute atomic E-state index is 0.0776. The molecule has 0 spiro atoms. The normalized spacial score (nSPS) is 10.3. The van der Waals surface area contributed by atoms with Gasteiger partial charge in [-0.2, -0.15) is 0 Å². The second kappa shape index (κ2) is 6.39. The number of nitro groups is 1. The molecule has 2 aromatic rings. The lowest BCUT2D eigenvalue weighted by molar-refractivity contribution is -0.384. The standard InChI is InChI=1S/C15H15ClN2O2/c1-2-17(13-6-4-3-5-7-13)14-9-8-12(11-16)10-15(14)18(19)20/h3-10H,2,11H2,1H3. The van der Waals surface area contributed by atoms with Crippen molar-refractivity contribution in [3.63, 3.8) is 0 Å². The van der Waals surface area contributed by atoms with E-state index in [9.17, 15) is 10.1 Å². The van der Waals surface area contributed by atoms with Gasteiger partial charge < -0.3 is 4.90 Å². The highest BCUT2D eigenvalue weighted by Crippen LogP contribution is 2.34. The number of anilines is 2. The summed E-state index contributed by atoms with van der Waals surface area (Å²) in [5.41, 5.74) is 2.33. The summed E-state index contributed by atoms with van der Waals surface area (Å²) in [6.45, 7) is 2.61. The summed E-state index contributed by atoms with van der Waals surface area (Å²) in [7, 11) is 0. The van der Waals surface area contributed by atoms with E-state index in [1.54, 1.807) is 6.07 Å². The van der Waals surface area contributed by atoms with Crippen LogP contribution >= 0.6 is 11.6 Å². The van der Waals surface area contributed by atoms with Gasteiger partial charge in [-0.1, -0.05) is 24.3 Å². The maximum atomic E-state index is 11.3. The molecule has 0 fully saturated rings. The highest BCUT2D eigenvalue weighted by molar-refractivity contribution is 6.17. The minimum atomic E-state index is -0.364. The minimum Gasteiger partial charge on any atom is -0.336 e. The highest BCUT2D eigenvalue weighted by Gasteiger charge is 2.20. The van der Waals surface area contributed by atoms with E-state index in [2.05, 4.69) is 0 Å². The molecule has 2 rings (SSSR count). The fraction of sp³-hybridized carbons (Fsp3) is 0.200. The fourth-order valence-corrected chi connectivity index (χ4v) is 2.29. The third kappa shape index (κ3) is 2.91. The van der Waals surface area contributed by atoms with Crippen LogP contribution in [0.1, 0.15) is 12.5 Å². The number of nitrogens with zero attached hydrogens (tertiary/aromatic N) is 2. The lowest BCUT2D eigenvalue weighted by Gasteiger charge is -2.23. The van der Waals surface area contributed by atoms with E-state index in [-0.39, 0.29) is 16.5 Å². The molecule has 20 heavy (non-hydrogen) atoms. The first-order chi connectivity index (χ1) is 9.67. The molecule has 0 aliphatic heterocycles. The van der Waals surface area contributed by atoms with Crippen LogP contribution in [0.3, 0.4) is 0 Å². The van der Waals surface area contributed by atoms with Crippen LogP contribution in [0.25, 0.3) is 0 Å². The molecule has 5 heteroatoms. The molecule has 2 aromatic carbocycles. The number of nitro benzene ring substituents is 1. The molecule has 0 bridgehead atoms. The van der Waals surface area contributed by atoms with Gasteiger partial charge in [0.15, 0.2) is 0 Å². The van der Waals surface area contributed by atoms with Crippen LogP contribution in [0.4, 0.5) is 17.1 Å². The second-order valence-electron chi connectivity index (χ2n) is 4.29. The van der Waals surface area contributed by atoms with E-state index in [4.69, 9.17) is 11.6 Å². The van der Waals surface area contributed by atoms with Gasteiger partial charge >= 0.3 is 0 Å². The van der Waals surface area contributed by atoms with Crippen LogP contribution in [0.2, 0.25) is 0 Å². The van der Waals surface area contributed by atoms with Crippen LogP contribution in [-0.2, 0) is 5.88 Å². The molecule has 0 aliphatic carbocycles. The van der Waals surface area contributed by atoms with Gasteiger partial charge in [-0.15, -0.1) is 11.6 Å². The largest absolute Gasteiger partial charge is 0.336 e. The SMILES string of the molecule is CCN(c1ccccc1)c1ccc(CCl)cc1[N+](=O)[O-]. The molecule has 0 unspecified atom stereocenters. The summed E-state index contributed by atoms with van der Waals surface area (Å²) in [6.07, 6.45) is 0. The third-order valence-electron chi connectivity index (χ3n) is 3.07. The number of benzene rings is 2. The van der Waals surface area contributed by atoms with Crippen molar-refractivity contribution in [3.8, 4) is 0 Å². The molecule has 0 saturated heterocycles. The van der Waals surface area contributed by atoms with Gasteiger partial charge in [0.2, 0.25) is 0 Å². The summed E-state index contributed by atoms with van der Waals surface area (Å²) in [5, 5.41) is 11.3. The molecule has 0 heterocycles. The topological polar surface area (TPSA) is 46.4 Å². The molecule has 0 saturated carbocycles. The van der Waals surface area contributed by atoms with Crippen molar-refractivity contribution in [2.75, 3.05) is 11.4 Å². The molecular weight excluding hydrogens is 276 g/mol. The number of rotatable bonds is 5. The van der Waals surface area contributed by atoms with Gasteiger partial charge in [-0.25, -0.2) is 0 Å². The van der Waals surface area contributed by atoms with Crippen LogP contribution in [0, 0.1) is 10.1 Å². The fourth-order valence-electron chi connectivity index (χ4n) is 2.13. The summed E-state index contributed by atoms with van der Waals surface area (Å²) >= 11 is 5.75. The number of para-hydroxylation sites is 1. The zero-order valence-electron chi connectivity index (χ0n) is 11.1. The number of halogens is 1. The first-order valence-electron chi connectivity index (χ1n) is 6.33. The maximum absolute atomic E-state index is 11.3. The Balaban J connectivity index is 2.52. The first kappa shape index (κ1) is 14.3. The summed E-state index contributed by atoms with van der Waals surface area (Å²) in [4.78, 5) is 12.8. The smallest absolute Gasteiger partial charge is 0.293 e. The van der Waals surface area contributed by atoms with Crippen molar-refractivity contribution < 1.29 is 4.92 Å². The van der Waals surface area contributed by atoms with E-state index in [0.29, 0.717) is 12.2 Å². The van der Waals surface area contributed by atoms with E-state index in [0.717, 1.165) is 11.3 Å². The van der Waals surface area contributed by atoms with Crippen molar-refractivity contribution in [1.29, 1.82) is 0 Å². The molecule has 0 aliphatic rings. The van der Waals surface area contributed by atoms with Gasteiger partial charge in [0.05, 0.1) is 4.92 Å². The number of alkyl halides is 1. The van der Waals surface area contributed by atoms with Gasteiger partial charge in [0.25, 0.3) is 5.69 Å². The quantitative estimate of drug-likeness (QED) is 0.463. The highest BCUT2D eigenvalue weighted by atomic mass is 35.5. The predicted octanol–water partition coefficient (Wildman–Crippen LogP) is 4.49. The Labute approximate surface area is 122 Å². The number of hydrogen-bond donors (Lipinski definition) is 0. The van der Waals surface area contributed by atoms with Gasteiger partial charge in [0, 0.05) is 24.2 Å². The lowest BCUT2D eigenvalue weighted by Crippen LogP contribution is -2.17. The first-order valence-corrected chi connectivity index (χ1v) is 6.86. The second-order valence-corrected chi connectivity index (χ2v) is 4.56. The van der Waals surface area contributed by atoms with Crippen LogP contribution in [0.5, 0.6) is 0 Å². The molecule has 0 amide bonds. The van der Waals surface area contributed by atoms with Crippen molar-refractivity contribution in [1.82, 2.24) is 0 Å². The molecule has 0 radical (unpaired) electrons. The van der Waals surface area contributed by atoms with Gasteiger partial charge in [-0.05, 0) is 30.7 Å². The molecule has 4 nitrogen and oxygen atoms in total. The molecule has 0 atom stereocenters. The van der Waals surface area contributed by atoms with E-state index >= 15 is 0 Å². The van der Waals surface area contributed by atoms with Crippen molar-refractivity contribution in [3.05, 3.63) is 64.2 Å². The van der Waals surface area contributed by atoms with Crippen molar-refractivity contribution >= 4 is 28.7 Å². The average Bonchev–Trinajstić information content (AvgIpc) is 2.49. The Morgan fingerprint density at radius 1 is 1.20 bits per heavy atom. The van der Waals surface area contributed by atoms with Gasteiger partial charge in [0.1, 0.15) is 5.69 Å². The van der Waals surface area contributed by atoms with E-state index in [1.165, 1.54) is 6.07 Å². The molecule has 104 valence electrons. The van der Waals surface area contributed by atoms with Crippen molar-refractivity contribution in [2.24, 2.45) is 0 Å². The Morgan fingerprint density at radius 3 is 2.45 bits per heavy atom. The Kier molecular flexibility index (Phi) is 4.58. The monoisotopic (exact) mass is 290 g/mol. The van der Waals surface area contributed by atoms with E-state index < -0.39 is 0 Å². The molecular formula is C15H15ClN2O2. The van der Waals surface area contributed by atoms with Crippen LogP contribution < -0.4 is 4.90 Å². The summed E-state index contributed by atoms with van der Waals surface area (Å²) in [5.74, 6) is 0.262. The maximum Gasteiger partial charge on any atom is 0.293 e. The van der Waals surface area contributed by atoms with Gasteiger partial charge in [-0.3, -0.25) is 10.1 Å². The lowest BCUT2D eigenvalue weighted by atomic mass is 10.1. The van der Waals surface area contributed by atoms with E-state index in [1.807, 2.05) is 48.2 Å². The molecule has 0 N–H and O–H groups in total. The number of hydrogen-bond acceptors (Lipinski definition) is 3. The Bertz CT molecular complexity index is 602. The zero-order valence-corrected chi connectivity index (χ0v) is 11.9. The summed E-state index contributed by atoms with van der Waals surface area (Å²) in [6, 6.07) is 14.7. The average molecular weight is 291 g/mol. The Hall–Kier alpha value is -2.07. The summed E-state index contributed by atoms with van der Waals surface area (Å²) < 4.78 is 0.